The fourth-order valence-electron chi connectivity index (χ4n) is 2.92. The van der Waals surface area contributed by atoms with Crippen LogP contribution in [-0.2, 0) is 4.79 Å². The van der Waals surface area contributed by atoms with E-state index in [0.717, 1.165) is 6.42 Å². The summed E-state index contributed by atoms with van der Waals surface area (Å²) in [6.07, 6.45) is 6.22. The van der Waals surface area contributed by atoms with Crippen LogP contribution in [0.25, 0.3) is 0 Å². The average molecular weight is 205 g/mol. The van der Waals surface area contributed by atoms with Crippen molar-refractivity contribution in [3.05, 3.63) is 0 Å². The van der Waals surface area contributed by atoms with E-state index in [-0.39, 0.29) is 0 Å². The van der Waals surface area contributed by atoms with Gasteiger partial charge in [-0.3, -0.25) is 4.79 Å². The summed E-state index contributed by atoms with van der Waals surface area (Å²) < 4.78 is 0. The van der Waals surface area contributed by atoms with Crippen molar-refractivity contribution in [2.24, 2.45) is 5.92 Å². The second-order valence-electron chi connectivity index (χ2n) is 4.82. The number of hydrogen-bond donors (Lipinski definition) is 1. The lowest BCUT2D eigenvalue weighted by Crippen LogP contribution is -2.38. The Bertz CT molecular complexity index is 287. The molecule has 1 N–H and O–H groups in total. The zero-order valence-corrected chi connectivity index (χ0v) is 9.38. The topological polar surface area (TPSA) is 29.1 Å². The van der Waals surface area contributed by atoms with E-state index in [0.29, 0.717) is 30.2 Å². The third-order valence-corrected chi connectivity index (χ3v) is 3.55. The van der Waals surface area contributed by atoms with E-state index in [1.54, 1.807) is 6.92 Å². The molecule has 82 valence electrons. The molecule has 2 rings (SSSR count). The van der Waals surface area contributed by atoms with E-state index < -0.39 is 0 Å². The highest BCUT2D eigenvalue weighted by molar-refractivity contribution is 5.81. The van der Waals surface area contributed by atoms with Crippen molar-refractivity contribution in [3.63, 3.8) is 0 Å². The van der Waals surface area contributed by atoms with Crippen LogP contribution in [0.3, 0.4) is 0 Å². The number of carbonyl (C=O) groups is 1. The number of Topliss-reactive ketones (excluding diaryl/α,β-unsaturated/α-hetero) is 1. The number of hydrogen-bond acceptors (Lipinski definition) is 2. The van der Waals surface area contributed by atoms with Crippen LogP contribution in [0, 0.1) is 17.8 Å². The monoisotopic (exact) mass is 205 g/mol. The van der Waals surface area contributed by atoms with Crippen molar-refractivity contribution in [2.75, 3.05) is 0 Å². The van der Waals surface area contributed by atoms with Gasteiger partial charge < -0.3 is 5.32 Å². The molecule has 2 nitrogen and oxygen atoms in total. The van der Waals surface area contributed by atoms with Gasteiger partial charge in [0, 0.05) is 18.5 Å². The lowest BCUT2D eigenvalue weighted by molar-refractivity contribution is -0.119. The summed E-state index contributed by atoms with van der Waals surface area (Å²) in [5.41, 5.74) is 0. The van der Waals surface area contributed by atoms with E-state index in [1.807, 2.05) is 0 Å². The molecule has 0 aromatic carbocycles. The molecule has 0 spiro atoms. The quantitative estimate of drug-likeness (QED) is 0.713. The SMILES string of the molecule is CC#CCC(=O)CC1CC2CCC(C1)N2. The predicted octanol–water partition coefficient (Wildman–Crippen LogP) is 1.89. The summed E-state index contributed by atoms with van der Waals surface area (Å²) in [5.74, 6) is 6.59. The van der Waals surface area contributed by atoms with Crippen LogP contribution < -0.4 is 5.32 Å². The number of fused-ring (bicyclic) bond motifs is 2. The number of carbonyl (C=O) groups excluding carboxylic acids is 1. The minimum atomic E-state index is 0.329. The summed E-state index contributed by atoms with van der Waals surface area (Å²) in [5, 5.41) is 3.60. The van der Waals surface area contributed by atoms with Crippen molar-refractivity contribution >= 4 is 5.78 Å². The smallest absolute Gasteiger partial charge is 0.145 e. The van der Waals surface area contributed by atoms with E-state index in [9.17, 15) is 4.79 Å². The molecule has 2 atom stereocenters. The van der Waals surface area contributed by atoms with Gasteiger partial charge >= 0.3 is 0 Å². The molecule has 0 aliphatic carbocycles. The minimum absolute atomic E-state index is 0.329. The van der Waals surface area contributed by atoms with E-state index in [1.165, 1.54) is 25.7 Å². The first-order valence-corrected chi connectivity index (χ1v) is 5.95. The second-order valence-corrected chi connectivity index (χ2v) is 4.82. The Labute approximate surface area is 91.8 Å². The minimum Gasteiger partial charge on any atom is -0.311 e. The van der Waals surface area contributed by atoms with Crippen molar-refractivity contribution < 1.29 is 4.79 Å². The lowest BCUT2D eigenvalue weighted by Gasteiger charge is -2.28. The number of ketones is 1. The van der Waals surface area contributed by atoms with Crippen molar-refractivity contribution in [1.82, 2.24) is 5.32 Å². The Morgan fingerprint density at radius 3 is 2.60 bits per heavy atom. The fraction of sp³-hybridized carbons (Fsp3) is 0.769. The van der Waals surface area contributed by atoms with Crippen molar-refractivity contribution in [3.8, 4) is 11.8 Å². The Morgan fingerprint density at radius 1 is 1.33 bits per heavy atom. The molecule has 0 aromatic rings. The molecule has 2 heterocycles. The third kappa shape index (κ3) is 2.82. The third-order valence-electron chi connectivity index (χ3n) is 3.55. The Balaban J connectivity index is 1.79. The second kappa shape index (κ2) is 4.81. The molecule has 15 heavy (non-hydrogen) atoms. The van der Waals surface area contributed by atoms with Gasteiger partial charge in [-0.2, -0.15) is 0 Å². The van der Waals surface area contributed by atoms with Crippen LogP contribution in [0.1, 0.15) is 45.4 Å². The van der Waals surface area contributed by atoms with Gasteiger partial charge in [0.25, 0.3) is 0 Å². The summed E-state index contributed by atoms with van der Waals surface area (Å²) in [7, 11) is 0. The van der Waals surface area contributed by atoms with Gasteiger partial charge in [0.2, 0.25) is 0 Å². The van der Waals surface area contributed by atoms with Gasteiger partial charge in [-0.05, 0) is 38.5 Å². The zero-order chi connectivity index (χ0) is 10.7. The predicted molar refractivity (Wildman–Crippen MR) is 60.4 cm³/mol. The first-order chi connectivity index (χ1) is 7.28. The molecule has 0 saturated carbocycles. The lowest BCUT2D eigenvalue weighted by atomic mass is 9.88. The first kappa shape index (κ1) is 10.7. The van der Waals surface area contributed by atoms with Crippen LogP contribution in [0.2, 0.25) is 0 Å². The van der Waals surface area contributed by atoms with Gasteiger partial charge in [-0.25, -0.2) is 0 Å². The first-order valence-electron chi connectivity index (χ1n) is 5.95. The number of rotatable bonds is 3. The fourth-order valence-corrected chi connectivity index (χ4v) is 2.92. The number of nitrogens with one attached hydrogen (secondary N) is 1. The van der Waals surface area contributed by atoms with Crippen LogP contribution in [0.15, 0.2) is 0 Å². The van der Waals surface area contributed by atoms with Crippen molar-refractivity contribution in [1.29, 1.82) is 0 Å². The van der Waals surface area contributed by atoms with Gasteiger partial charge in [0.15, 0.2) is 0 Å². The molecule has 0 radical (unpaired) electrons. The molecule has 2 aliphatic heterocycles. The molecular formula is C13H19NO. The molecule has 0 aromatic heterocycles. The zero-order valence-electron chi connectivity index (χ0n) is 9.38. The van der Waals surface area contributed by atoms with Crippen molar-refractivity contribution in [2.45, 2.75) is 57.5 Å². The molecule has 2 heteroatoms. The standard InChI is InChI=1S/C13H19NO/c1-2-3-4-13(15)9-10-7-11-5-6-12(8-10)14-11/h10-12,14H,4-9H2,1H3. The van der Waals surface area contributed by atoms with E-state index in [2.05, 4.69) is 17.2 Å². The van der Waals surface area contributed by atoms with E-state index in [4.69, 9.17) is 0 Å². The van der Waals surface area contributed by atoms with E-state index >= 15 is 0 Å². The van der Waals surface area contributed by atoms with Gasteiger partial charge in [-0.15, -0.1) is 5.92 Å². The molecule has 2 unspecified atom stereocenters. The molecule has 2 saturated heterocycles. The summed E-state index contributed by atoms with van der Waals surface area (Å²) in [6.45, 7) is 1.79. The van der Waals surface area contributed by atoms with Crippen LogP contribution in [0.5, 0.6) is 0 Å². The van der Waals surface area contributed by atoms with Crippen LogP contribution in [0.4, 0.5) is 0 Å². The van der Waals surface area contributed by atoms with Crippen LogP contribution in [-0.4, -0.2) is 17.9 Å². The average Bonchev–Trinajstić information content (AvgIpc) is 2.55. The van der Waals surface area contributed by atoms with Gasteiger partial charge in [-0.1, -0.05) is 5.92 Å². The highest BCUT2D eigenvalue weighted by Crippen LogP contribution is 2.32. The molecular weight excluding hydrogens is 186 g/mol. The summed E-state index contributed by atoms with van der Waals surface area (Å²) in [4.78, 5) is 11.6. The molecule has 2 bridgehead atoms. The highest BCUT2D eigenvalue weighted by atomic mass is 16.1. The largest absolute Gasteiger partial charge is 0.311 e. The van der Waals surface area contributed by atoms with Crippen LogP contribution >= 0.6 is 0 Å². The maximum atomic E-state index is 11.6. The summed E-state index contributed by atoms with van der Waals surface area (Å²) in [6, 6.07) is 1.39. The normalized spacial score (nSPS) is 33.3. The Hall–Kier alpha value is -0.810. The molecule has 0 amide bonds. The molecule has 2 fully saturated rings. The molecule has 2 aliphatic rings. The Kier molecular flexibility index (Phi) is 3.43. The maximum Gasteiger partial charge on any atom is 0.145 e. The van der Waals surface area contributed by atoms with Gasteiger partial charge in [0.1, 0.15) is 5.78 Å². The summed E-state index contributed by atoms with van der Waals surface area (Å²) >= 11 is 0. The maximum absolute atomic E-state index is 11.6. The van der Waals surface area contributed by atoms with Gasteiger partial charge in [0.05, 0.1) is 6.42 Å². The Morgan fingerprint density at radius 2 is 2.00 bits per heavy atom. The number of piperidine rings is 1. The highest BCUT2D eigenvalue weighted by Gasteiger charge is 2.33.